The smallest absolute Gasteiger partial charge is 0.332 e. The molecule has 0 radical (unpaired) electrons. The topological polar surface area (TPSA) is 66.8 Å². The number of aryl methyl sites for hydroxylation is 1. The third-order valence-electron chi connectivity index (χ3n) is 4.06. The summed E-state index contributed by atoms with van der Waals surface area (Å²) in [5, 5.41) is 8.91. The molecular formula is C16H21NO4. The maximum atomic E-state index is 12.4. The van der Waals surface area contributed by atoms with Crippen molar-refractivity contribution in [2.45, 2.75) is 44.9 Å². The van der Waals surface area contributed by atoms with Crippen LogP contribution in [-0.4, -0.2) is 41.1 Å². The average molecular weight is 291 g/mol. The monoisotopic (exact) mass is 291 g/mol. The Morgan fingerprint density at radius 1 is 1.24 bits per heavy atom. The highest BCUT2D eigenvalue weighted by atomic mass is 16.5. The lowest BCUT2D eigenvalue weighted by Gasteiger charge is -2.27. The molecule has 1 N–H and O–H groups in total. The summed E-state index contributed by atoms with van der Waals surface area (Å²) in [4.78, 5) is 24.9. The number of hydrogen-bond donors (Lipinski definition) is 1. The van der Waals surface area contributed by atoms with Gasteiger partial charge in [-0.05, 0) is 32.3 Å². The van der Waals surface area contributed by atoms with E-state index in [2.05, 4.69) is 0 Å². The van der Waals surface area contributed by atoms with Crippen molar-refractivity contribution in [3.05, 3.63) is 35.4 Å². The molecule has 0 aliphatic carbocycles. The van der Waals surface area contributed by atoms with Gasteiger partial charge in [0.05, 0.1) is 6.04 Å². The van der Waals surface area contributed by atoms with Gasteiger partial charge in [0.1, 0.15) is 6.10 Å². The number of likely N-dealkylation sites (N-methyl/N-ethyl adjacent to an activating group) is 1. The standard InChI is InChI=1S/C16H21NO4/c1-10-4-6-12(7-5-10)11(2)17(3)15(18)13-8-9-14(21-13)16(19)20/h4-7,11,13-14H,8-9H2,1-3H3,(H,19,20). The fourth-order valence-corrected chi connectivity index (χ4v) is 2.49. The van der Waals surface area contributed by atoms with E-state index >= 15 is 0 Å². The van der Waals surface area contributed by atoms with Crippen LogP contribution in [0.1, 0.15) is 36.9 Å². The maximum Gasteiger partial charge on any atom is 0.332 e. The summed E-state index contributed by atoms with van der Waals surface area (Å²) in [6, 6.07) is 7.94. The molecule has 1 aromatic rings. The van der Waals surface area contributed by atoms with E-state index in [4.69, 9.17) is 9.84 Å². The molecule has 0 saturated carbocycles. The summed E-state index contributed by atoms with van der Waals surface area (Å²) in [5.41, 5.74) is 2.22. The summed E-state index contributed by atoms with van der Waals surface area (Å²) >= 11 is 0. The normalized spacial score (nSPS) is 22.8. The summed E-state index contributed by atoms with van der Waals surface area (Å²) in [6.45, 7) is 3.97. The number of nitrogens with zero attached hydrogens (tertiary/aromatic N) is 1. The first-order valence-corrected chi connectivity index (χ1v) is 7.11. The molecule has 114 valence electrons. The number of carbonyl (C=O) groups excluding carboxylic acids is 1. The number of hydrogen-bond acceptors (Lipinski definition) is 3. The maximum absolute atomic E-state index is 12.4. The van der Waals surface area contributed by atoms with Gasteiger partial charge in [0.15, 0.2) is 6.10 Å². The number of aliphatic carboxylic acids is 1. The van der Waals surface area contributed by atoms with Gasteiger partial charge in [-0.3, -0.25) is 4.79 Å². The summed E-state index contributed by atoms with van der Waals surface area (Å²) in [7, 11) is 1.73. The van der Waals surface area contributed by atoms with Gasteiger partial charge in [-0.15, -0.1) is 0 Å². The van der Waals surface area contributed by atoms with Crippen molar-refractivity contribution in [1.29, 1.82) is 0 Å². The van der Waals surface area contributed by atoms with Gasteiger partial charge in [0, 0.05) is 7.05 Å². The number of carbonyl (C=O) groups is 2. The molecule has 1 aromatic carbocycles. The van der Waals surface area contributed by atoms with E-state index in [1.165, 1.54) is 5.56 Å². The summed E-state index contributed by atoms with van der Waals surface area (Å²) in [5.74, 6) is -1.16. The average Bonchev–Trinajstić information content (AvgIpc) is 2.96. The highest BCUT2D eigenvalue weighted by Gasteiger charge is 2.37. The van der Waals surface area contributed by atoms with Crippen LogP contribution in [-0.2, 0) is 14.3 Å². The molecule has 5 heteroatoms. The largest absolute Gasteiger partial charge is 0.479 e. The fraction of sp³-hybridized carbons (Fsp3) is 0.500. The molecular weight excluding hydrogens is 270 g/mol. The molecule has 0 spiro atoms. The molecule has 3 atom stereocenters. The van der Waals surface area contributed by atoms with Crippen LogP contribution in [0.25, 0.3) is 0 Å². The van der Waals surface area contributed by atoms with Crippen LogP contribution in [0.3, 0.4) is 0 Å². The molecule has 3 unspecified atom stereocenters. The quantitative estimate of drug-likeness (QED) is 0.923. The van der Waals surface area contributed by atoms with Gasteiger partial charge in [0.2, 0.25) is 0 Å². The number of rotatable bonds is 4. The third-order valence-corrected chi connectivity index (χ3v) is 4.06. The number of carboxylic acids is 1. The number of ether oxygens (including phenoxy) is 1. The molecule has 0 bridgehead atoms. The zero-order chi connectivity index (χ0) is 15.6. The van der Waals surface area contributed by atoms with E-state index in [0.29, 0.717) is 12.8 Å². The van der Waals surface area contributed by atoms with Gasteiger partial charge in [-0.25, -0.2) is 4.79 Å². The van der Waals surface area contributed by atoms with Crippen LogP contribution in [0.4, 0.5) is 0 Å². The summed E-state index contributed by atoms with van der Waals surface area (Å²) in [6.07, 6.45) is -0.662. The van der Waals surface area contributed by atoms with E-state index < -0.39 is 18.2 Å². The SMILES string of the molecule is Cc1ccc(C(C)N(C)C(=O)C2CCC(C(=O)O)O2)cc1. The van der Waals surface area contributed by atoms with Gasteiger partial charge in [-0.2, -0.15) is 0 Å². The molecule has 5 nitrogen and oxygen atoms in total. The Kier molecular flexibility index (Phi) is 4.63. The molecule has 2 rings (SSSR count). The van der Waals surface area contributed by atoms with Crippen molar-refractivity contribution in [2.24, 2.45) is 0 Å². The van der Waals surface area contributed by atoms with Crippen molar-refractivity contribution in [3.63, 3.8) is 0 Å². The number of benzene rings is 1. The highest BCUT2D eigenvalue weighted by molar-refractivity contribution is 5.82. The predicted octanol–water partition coefficient (Wildman–Crippen LogP) is 2.15. The number of carboxylic acid groups (broad SMARTS) is 1. The Balaban J connectivity index is 2.02. The Morgan fingerprint density at radius 2 is 1.81 bits per heavy atom. The van der Waals surface area contributed by atoms with Crippen LogP contribution in [0.2, 0.25) is 0 Å². The van der Waals surface area contributed by atoms with Crippen LogP contribution in [0.15, 0.2) is 24.3 Å². The summed E-state index contributed by atoms with van der Waals surface area (Å²) < 4.78 is 5.32. The van der Waals surface area contributed by atoms with Crippen molar-refractivity contribution in [1.82, 2.24) is 4.90 Å². The van der Waals surface area contributed by atoms with Gasteiger partial charge >= 0.3 is 5.97 Å². The molecule has 1 aliphatic heterocycles. The lowest BCUT2D eigenvalue weighted by atomic mass is 10.0. The van der Waals surface area contributed by atoms with E-state index in [-0.39, 0.29) is 11.9 Å². The lowest BCUT2D eigenvalue weighted by molar-refractivity contribution is -0.155. The fourth-order valence-electron chi connectivity index (χ4n) is 2.49. The molecule has 1 fully saturated rings. The van der Waals surface area contributed by atoms with Gasteiger partial charge in [-0.1, -0.05) is 29.8 Å². The molecule has 1 aliphatic rings. The van der Waals surface area contributed by atoms with E-state index in [9.17, 15) is 9.59 Å². The molecule has 1 amide bonds. The molecule has 1 saturated heterocycles. The zero-order valence-corrected chi connectivity index (χ0v) is 12.6. The van der Waals surface area contributed by atoms with Crippen molar-refractivity contribution in [3.8, 4) is 0 Å². The zero-order valence-electron chi connectivity index (χ0n) is 12.6. The molecule has 1 heterocycles. The first-order valence-electron chi connectivity index (χ1n) is 7.11. The van der Waals surface area contributed by atoms with Crippen LogP contribution >= 0.6 is 0 Å². The molecule has 21 heavy (non-hydrogen) atoms. The highest BCUT2D eigenvalue weighted by Crippen LogP contribution is 2.25. The minimum Gasteiger partial charge on any atom is -0.479 e. The number of amides is 1. The third kappa shape index (κ3) is 3.42. The van der Waals surface area contributed by atoms with Crippen molar-refractivity contribution in [2.75, 3.05) is 7.05 Å². The van der Waals surface area contributed by atoms with E-state index in [1.807, 2.05) is 38.1 Å². The van der Waals surface area contributed by atoms with Crippen LogP contribution in [0, 0.1) is 6.92 Å². The van der Waals surface area contributed by atoms with Crippen molar-refractivity contribution < 1.29 is 19.4 Å². The molecule has 0 aromatic heterocycles. The second-order valence-electron chi connectivity index (χ2n) is 5.56. The second kappa shape index (κ2) is 6.26. The van der Waals surface area contributed by atoms with Crippen molar-refractivity contribution >= 4 is 11.9 Å². The Morgan fingerprint density at radius 3 is 2.33 bits per heavy atom. The first-order chi connectivity index (χ1) is 9.90. The van der Waals surface area contributed by atoms with Gasteiger partial charge < -0.3 is 14.7 Å². The van der Waals surface area contributed by atoms with E-state index in [1.54, 1.807) is 11.9 Å². The van der Waals surface area contributed by atoms with E-state index in [0.717, 1.165) is 5.56 Å². The predicted molar refractivity (Wildman–Crippen MR) is 77.9 cm³/mol. The van der Waals surface area contributed by atoms with Crippen LogP contribution < -0.4 is 0 Å². The minimum atomic E-state index is -1.00. The van der Waals surface area contributed by atoms with Gasteiger partial charge in [0.25, 0.3) is 5.91 Å². The minimum absolute atomic E-state index is 0.0782. The second-order valence-corrected chi connectivity index (χ2v) is 5.56. The lowest BCUT2D eigenvalue weighted by Crippen LogP contribution is -2.38. The Hall–Kier alpha value is -1.88. The Labute approximate surface area is 124 Å². The first kappa shape index (κ1) is 15.5. The Bertz CT molecular complexity index is 526. The van der Waals surface area contributed by atoms with Crippen LogP contribution in [0.5, 0.6) is 0 Å².